The molecule has 1 unspecified atom stereocenters. The molecule has 0 bridgehead atoms. The third-order valence-electron chi connectivity index (χ3n) is 1.39. The van der Waals surface area contributed by atoms with Crippen LogP contribution in [0.1, 0.15) is 20.3 Å². The molecule has 0 heterocycles. The number of aliphatic carboxylic acids is 1. The van der Waals surface area contributed by atoms with Gasteiger partial charge in [0.1, 0.15) is 0 Å². The lowest BCUT2D eigenvalue weighted by Crippen LogP contribution is -2.26. The van der Waals surface area contributed by atoms with Gasteiger partial charge in [-0.3, -0.25) is 4.79 Å². The highest BCUT2D eigenvalue weighted by molar-refractivity contribution is 5.85. The standard InChI is InChI=1S/C6H13NO2.ClH/c1-4(5(2)7)3-6(8)9;/h4-5H,3,7H2,1-2H3,(H,8,9);1H/t4-,5?;/m0./s1. The van der Waals surface area contributed by atoms with E-state index >= 15 is 0 Å². The Morgan fingerprint density at radius 2 is 2.00 bits per heavy atom. The maximum Gasteiger partial charge on any atom is 0.303 e. The molecule has 4 heteroatoms. The van der Waals surface area contributed by atoms with E-state index in [2.05, 4.69) is 0 Å². The highest BCUT2D eigenvalue weighted by Crippen LogP contribution is 2.04. The summed E-state index contributed by atoms with van der Waals surface area (Å²) in [5, 5.41) is 8.28. The zero-order chi connectivity index (χ0) is 7.44. The van der Waals surface area contributed by atoms with E-state index in [0.29, 0.717) is 0 Å². The minimum Gasteiger partial charge on any atom is -0.481 e. The Morgan fingerprint density at radius 1 is 1.60 bits per heavy atom. The lowest BCUT2D eigenvalue weighted by Gasteiger charge is -2.11. The molecule has 0 aromatic heterocycles. The lowest BCUT2D eigenvalue weighted by molar-refractivity contribution is -0.138. The van der Waals surface area contributed by atoms with Crippen molar-refractivity contribution in [3.63, 3.8) is 0 Å². The molecule has 0 saturated heterocycles. The quantitative estimate of drug-likeness (QED) is 0.656. The fourth-order valence-corrected chi connectivity index (χ4v) is 0.461. The normalized spacial score (nSPS) is 15.1. The molecule has 0 aliphatic carbocycles. The van der Waals surface area contributed by atoms with Crippen molar-refractivity contribution >= 4 is 18.4 Å². The average Bonchev–Trinajstić information content (AvgIpc) is 1.63. The zero-order valence-corrected chi connectivity index (χ0v) is 7.02. The second-order valence-corrected chi connectivity index (χ2v) is 2.43. The largest absolute Gasteiger partial charge is 0.481 e. The van der Waals surface area contributed by atoms with E-state index in [1.54, 1.807) is 0 Å². The van der Waals surface area contributed by atoms with Crippen LogP contribution >= 0.6 is 12.4 Å². The molecule has 2 atom stereocenters. The molecule has 0 aromatic carbocycles. The molecule has 0 rings (SSSR count). The fourth-order valence-electron chi connectivity index (χ4n) is 0.461. The lowest BCUT2D eigenvalue weighted by atomic mass is 10.0. The summed E-state index contributed by atoms with van der Waals surface area (Å²) in [7, 11) is 0. The van der Waals surface area contributed by atoms with Crippen molar-refractivity contribution in [2.24, 2.45) is 11.7 Å². The Balaban J connectivity index is 0. The Hall–Kier alpha value is -0.280. The Morgan fingerprint density at radius 3 is 2.10 bits per heavy atom. The van der Waals surface area contributed by atoms with Crippen LogP contribution in [0, 0.1) is 5.92 Å². The van der Waals surface area contributed by atoms with Gasteiger partial charge in [0.05, 0.1) is 0 Å². The highest BCUT2D eigenvalue weighted by atomic mass is 35.5. The van der Waals surface area contributed by atoms with Gasteiger partial charge in [-0.25, -0.2) is 0 Å². The van der Waals surface area contributed by atoms with E-state index < -0.39 is 5.97 Å². The van der Waals surface area contributed by atoms with Gasteiger partial charge in [-0.05, 0) is 12.8 Å². The van der Waals surface area contributed by atoms with Crippen LogP contribution in [0.2, 0.25) is 0 Å². The third-order valence-corrected chi connectivity index (χ3v) is 1.39. The predicted molar refractivity (Wildman–Crippen MR) is 42.3 cm³/mol. The summed E-state index contributed by atoms with van der Waals surface area (Å²) >= 11 is 0. The SMILES string of the molecule is CC(N)[C@@H](C)CC(=O)O.Cl. The van der Waals surface area contributed by atoms with Crippen LogP contribution in [0.5, 0.6) is 0 Å². The maximum absolute atomic E-state index is 10.1. The van der Waals surface area contributed by atoms with Gasteiger partial charge in [0.2, 0.25) is 0 Å². The predicted octanol–water partition coefficient (Wildman–Crippen LogP) is 0.866. The number of hydrogen-bond donors (Lipinski definition) is 2. The minimum atomic E-state index is -0.778. The molecule has 3 N–H and O–H groups in total. The monoisotopic (exact) mass is 167 g/mol. The van der Waals surface area contributed by atoms with Gasteiger partial charge in [0, 0.05) is 12.5 Å². The van der Waals surface area contributed by atoms with E-state index in [1.165, 1.54) is 0 Å². The van der Waals surface area contributed by atoms with Crippen LogP contribution in [-0.2, 0) is 4.79 Å². The molecule has 0 amide bonds. The number of rotatable bonds is 3. The first-order valence-electron chi connectivity index (χ1n) is 3.01. The molecular formula is C6H14ClNO2. The highest BCUT2D eigenvalue weighted by Gasteiger charge is 2.10. The molecule has 0 aliphatic rings. The Labute approximate surface area is 67.0 Å². The summed E-state index contributed by atoms with van der Waals surface area (Å²) < 4.78 is 0. The van der Waals surface area contributed by atoms with Crippen molar-refractivity contribution in [2.45, 2.75) is 26.3 Å². The van der Waals surface area contributed by atoms with Crippen LogP contribution in [-0.4, -0.2) is 17.1 Å². The van der Waals surface area contributed by atoms with Crippen molar-refractivity contribution in [1.29, 1.82) is 0 Å². The Kier molecular flexibility index (Phi) is 6.82. The van der Waals surface area contributed by atoms with Crippen LogP contribution < -0.4 is 5.73 Å². The van der Waals surface area contributed by atoms with Crippen molar-refractivity contribution in [3.05, 3.63) is 0 Å². The molecule has 0 spiro atoms. The topological polar surface area (TPSA) is 63.3 Å². The van der Waals surface area contributed by atoms with Gasteiger partial charge in [-0.15, -0.1) is 12.4 Å². The van der Waals surface area contributed by atoms with Crippen molar-refractivity contribution in [3.8, 4) is 0 Å². The van der Waals surface area contributed by atoms with E-state index in [9.17, 15) is 4.79 Å². The molecule has 0 fully saturated rings. The summed E-state index contributed by atoms with van der Waals surface area (Å²) in [5.74, 6) is -0.706. The molecule has 3 nitrogen and oxygen atoms in total. The van der Waals surface area contributed by atoms with E-state index in [0.717, 1.165) is 0 Å². The van der Waals surface area contributed by atoms with E-state index in [1.807, 2.05) is 13.8 Å². The van der Waals surface area contributed by atoms with Gasteiger partial charge in [-0.2, -0.15) is 0 Å². The Bertz CT molecular complexity index is 106. The van der Waals surface area contributed by atoms with Gasteiger partial charge >= 0.3 is 5.97 Å². The molecule has 0 aromatic rings. The van der Waals surface area contributed by atoms with Crippen LogP contribution in [0.3, 0.4) is 0 Å². The molecule has 0 aliphatic heterocycles. The van der Waals surface area contributed by atoms with Gasteiger partial charge in [-0.1, -0.05) is 6.92 Å². The van der Waals surface area contributed by atoms with Crippen LogP contribution in [0.15, 0.2) is 0 Å². The smallest absolute Gasteiger partial charge is 0.303 e. The van der Waals surface area contributed by atoms with Gasteiger partial charge < -0.3 is 10.8 Å². The molecular weight excluding hydrogens is 154 g/mol. The number of carboxylic acid groups (broad SMARTS) is 1. The molecule has 0 radical (unpaired) electrons. The first kappa shape index (κ1) is 12.4. The summed E-state index contributed by atoms with van der Waals surface area (Å²) in [6.45, 7) is 3.65. The van der Waals surface area contributed by atoms with Crippen LogP contribution in [0.25, 0.3) is 0 Å². The second kappa shape index (κ2) is 5.50. The first-order chi connectivity index (χ1) is 4.04. The van der Waals surface area contributed by atoms with Crippen molar-refractivity contribution < 1.29 is 9.90 Å². The first-order valence-corrected chi connectivity index (χ1v) is 3.01. The summed E-state index contributed by atoms with van der Waals surface area (Å²) in [6, 6.07) is -0.0268. The molecule has 0 saturated carbocycles. The molecule has 10 heavy (non-hydrogen) atoms. The van der Waals surface area contributed by atoms with Gasteiger partial charge in [0.25, 0.3) is 0 Å². The van der Waals surface area contributed by atoms with Crippen molar-refractivity contribution in [1.82, 2.24) is 0 Å². The summed E-state index contributed by atoms with van der Waals surface area (Å²) in [4.78, 5) is 10.1. The number of hydrogen-bond acceptors (Lipinski definition) is 2. The second-order valence-electron chi connectivity index (χ2n) is 2.43. The zero-order valence-electron chi connectivity index (χ0n) is 6.20. The molecule has 62 valence electrons. The number of carbonyl (C=O) groups is 1. The summed E-state index contributed by atoms with van der Waals surface area (Å²) in [6.07, 6.45) is 0.164. The van der Waals surface area contributed by atoms with E-state index in [-0.39, 0.29) is 30.8 Å². The fraction of sp³-hybridized carbons (Fsp3) is 0.833. The average molecular weight is 168 g/mol. The maximum atomic E-state index is 10.1. The number of nitrogens with two attached hydrogens (primary N) is 1. The van der Waals surface area contributed by atoms with Gasteiger partial charge in [0.15, 0.2) is 0 Å². The van der Waals surface area contributed by atoms with Crippen LogP contribution in [0.4, 0.5) is 0 Å². The number of halogens is 1. The van der Waals surface area contributed by atoms with E-state index in [4.69, 9.17) is 10.8 Å². The number of carboxylic acids is 1. The minimum absolute atomic E-state index is 0. The summed E-state index contributed by atoms with van der Waals surface area (Å²) in [5.41, 5.74) is 5.42. The van der Waals surface area contributed by atoms with Crippen molar-refractivity contribution in [2.75, 3.05) is 0 Å². The third kappa shape index (κ3) is 5.85.